The molecule has 1 aromatic carbocycles. The maximum absolute atomic E-state index is 10.9. The number of nitrogens with one attached hydrogen (secondary N) is 1. The molecule has 0 saturated carbocycles. The van der Waals surface area contributed by atoms with Crippen LogP contribution in [0.2, 0.25) is 0 Å². The fraction of sp³-hybridized carbons (Fsp3) is 0.154. The van der Waals surface area contributed by atoms with Gasteiger partial charge in [0.05, 0.1) is 11.6 Å². The molecule has 2 N–H and O–H groups in total. The van der Waals surface area contributed by atoms with E-state index >= 15 is 0 Å². The Hall–Kier alpha value is -2.41. The average molecular weight is 289 g/mol. The lowest BCUT2D eigenvalue weighted by Crippen LogP contribution is -2.05. The Balaban J connectivity index is 1.87. The first-order chi connectivity index (χ1) is 9.63. The van der Waals surface area contributed by atoms with Gasteiger partial charge in [-0.3, -0.25) is 0 Å². The molecule has 0 spiro atoms. The van der Waals surface area contributed by atoms with E-state index in [2.05, 4.69) is 15.3 Å². The van der Waals surface area contributed by atoms with Gasteiger partial charge in [-0.2, -0.15) is 4.98 Å². The summed E-state index contributed by atoms with van der Waals surface area (Å²) in [5.41, 5.74) is 1.23. The number of fused-ring (bicyclic) bond motifs is 1. The lowest BCUT2D eigenvalue weighted by molar-refractivity contribution is 0.0697. The molecule has 20 heavy (non-hydrogen) atoms. The van der Waals surface area contributed by atoms with Gasteiger partial charge in [-0.05, 0) is 25.1 Å². The molecule has 1 atom stereocenters. The number of hydrogen-bond acceptors (Lipinski definition) is 6. The molecule has 0 radical (unpaired) electrons. The molecule has 0 bridgehead atoms. The molecule has 0 fully saturated rings. The van der Waals surface area contributed by atoms with E-state index in [0.717, 1.165) is 5.01 Å². The molecular formula is C13H11N3O3S. The van der Waals surface area contributed by atoms with E-state index in [9.17, 15) is 4.79 Å². The van der Waals surface area contributed by atoms with Crippen molar-refractivity contribution in [1.82, 2.24) is 9.97 Å². The molecule has 7 heteroatoms. The zero-order valence-electron chi connectivity index (χ0n) is 10.5. The first-order valence-corrected chi connectivity index (χ1v) is 6.81. The lowest BCUT2D eigenvalue weighted by atomic mass is 10.2. The van der Waals surface area contributed by atoms with Crippen molar-refractivity contribution in [3.8, 4) is 0 Å². The summed E-state index contributed by atoms with van der Waals surface area (Å²) in [4.78, 5) is 19.4. The molecule has 0 aliphatic carbocycles. The van der Waals surface area contributed by atoms with Gasteiger partial charge in [-0.1, -0.05) is 0 Å². The van der Waals surface area contributed by atoms with Crippen LogP contribution in [0.5, 0.6) is 0 Å². The second-order valence-electron chi connectivity index (χ2n) is 4.24. The molecule has 1 unspecified atom stereocenters. The van der Waals surface area contributed by atoms with Crippen molar-refractivity contribution < 1.29 is 14.3 Å². The van der Waals surface area contributed by atoms with Gasteiger partial charge in [0.15, 0.2) is 5.58 Å². The molecule has 3 aromatic rings. The maximum atomic E-state index is 10.9. The molecule has 6 nitrogen and oxygen atoms in total. The first kappa shape index (κ1) is 12.6. The van der Waals surface area contributed by atoms with E-state index < -0.39 is 5.97 Å². The first-order valence-electron chi connectivity index (χ1n) is 5.93. The second-order valence-corrected chi connectivity index (χ2v) is 5.17. The highest BCUT2D eigenvalue weighted by Crippen LogP contribution is 2.24. The highest BCUT2D eigenvalue weighted by molar-refractivity contribution is 7.09. The fourth-order valence-corrected chi connectivity index (χ4v) is 2.46. The van der Waals surface area contributed by atoms with Crippen molar-refractivity contribution >= 4 is 34.4 Å². The van der Waals surface area contributed by atoms with Crippen LogP contribution in [0.15, 0.2) is 34.2 Å². The molecule has 102 valence electrons. The SMILES string of the molecule is CC(Nc1nc2ccc(C(=O)O)cc2o1)c1nccs1. The van der Waals surface area contributed by atoms with Gasteiger partial charge in [-0.25, -0.2) is 9.78 Å². The number of carboxylic acid groups (broad SMARTS) is 1. The van der Waals surface area contributed by atoms with Gasteiger partial charge >= 0.3 is 5.97 Å². The zero-order valence-corrected chi connectivity index (χ0v) is 11.3. The molecule has 0 saturated heterocycles. The van der Waals surface area contributed by atoms with E-state index in [1.807, 2.05) is 12.3 Å². The summed E-state index contributed by atoms with van der Waals surface area (Å²) in [6, 6.07) is 4.92. The highest BCUT2D eigenvalue weighted by atomic mass is 32.1. The fourth-order valence-electron chi connectivity index (χ4n) is 1.81. The third kappa shape index (κ3) is 2.35. The van der Waals surface area contributed by atoms with Crippen LogP contribution in [0.1, 0.15) is 28.3 Å². The number of oxazole rings is 1. The Bertz CT molecular complexity index is 751. The number of nitrogens with zero attached hydrogens (tertiary/aromatic N) is 2. The van der Waals surface area contributed by atoms with E-state index in [-0.39, 0.29) is 11.6 Å². The van der Waals surface area contributed by atoms with Crippen molar-refractivity contribution in [2.45, 2.75) is 13.0 Å². The molecular weight excluding hydrogens is 278 g/mol. The van der Waals surface area contributed by atoms with E-state index in [4.69, 9.17) is 9.52 Å². The average Bonchev–Trinajstić information content (AvgIpc) is 3.06. The van der Waals surface area contributed by atoms with Gasteiger partial charge in [0.1, 0.15) is 10.5 Å². The van der Waals surface area contributed by atoms with Crippen molar-refractivity contribution in [2.24, 2.45) is 0 Å². The number of aromatic nitrogens is 2. The number of rotatable bonds is 4. The van der Waals surface area contributed by atoms with Crippen LogP contribution in [0.4, 0.5) is 6.01 Å². The Morgan fingerprint density at radius 3 is 3.05 bits per heavy atom. The number of hydrogen-bond donors (Lipinski definition) is 2. The number of anilines is 1. The molecule has 0 aliphatic rings. The van der Waals surface area contributed by atoms with Crippen molar-refractivity contribution in [3.63, 3.8) is 0 Å². The normalized spacial score (nSPS) is 12.4. The minimum Gasteiger partial charge on any atom is -0.478 e. The van der Waals surface area contributed by atoms with E-state index in [1.54, 1.807) is 23.6 Å². The predicted octanol–water partition coefficient (Wildman–Crippen LogP) is 3.16. The Labute approximate surface area is 118 Å². The summed E-state index contributed by atoms with van der Waals surface area (Å²) in [6.45, 7) is 1.95. The number of thiazole rings is 1. The number of benzene rings is 1. The van der Waals surface area contributed by atoms with Gasteiger partial charge < -0.3 is 14.8 Å². The van der Waals surface area contributed by atoms with E-state index in [1.165, 1.54) is 12.1 Å². The minimum atomic E-state index is -0.992. The molecule has 2 aromatic heterocycles. The maximum Gasteiger partial charge on any atom is 0.335 e. The summed E-state index contributed by atoms with van der Waals surface area (Å²) in [5, 5.41) is 14.9. The van der Waals surface area contributed by atoms with Crippen LogP contribution in [-0.4, -0.2) is 21.0 Å². The second kappa shape index (κ2) is 4.93. The Morgan fingerprint density at radius 2 is 2.35 bits per heavy atom. The molecule has 0 aliphatic heterocycles. The summed E-state index contributed by atoms with van der Waals surface area (Å²) in [6.07, 6.45) is 1.74. The zero-order chi connectivity index (χ0) is 14.1. The van der Waals surface area contributed by atoms with Crippen molar-refractivity contribution in [3.05, 3.63) is 40.3 Å². The molecule has 0 amide bonds. The van der Waals surface area contributed by atoms with Crippen LogP contribution >= 0.6 is 11.3 Å². The van der Waals surface area contributed by atoms with Crippen LogP contribution in [0.3, 0.4) is 0 Å². The highest BCUT2D eigenvalue weighted by Gasteiger charge is 2.13. The topological polar surface area (TPSA) is 88.2 Å². The van der Waals surface area contributed by atoms with Gasteiger partial charge in [-0.15, -0.1) is 11.3 Å². The third-order valence-electron chi connectivity index (χ3n) is 2.80. The van der Waals surface area contributed by atoms with Crippen LogP contribution in [0.25, 0.3) is 11.1 Å². The van der Waals surface area contributed by atoms with Gasteiger partial charge in [0, 0.05) is 11.6 Å². The van der Waals surface area contributed by atoms with Gasteiger partial charge in [0.2, 0.25) is 0 Å². The summed E-state index contributed by atoms with van der Waals surface area (Å²) < 4.78 is 5.52. The monoisotopic (exact) mass is 289 g/mol. The summed E-state index contributed by atoms with van der Waals surface area (Å²) in [7, 11) is 0. The van der Waals surface area contributed by atoms with Crippen LogP contribution in [0, 0.1) is 0 Å². The number of carbonyl (C=O) groups is 1. The number of aromatic carboxylic acids is 1. The van der Waals surface area contributed by atoms with Crippen molar-refractivity contribution in [2.75, 3.05) is 5.32 Å². The minimum absolute atomic E-state index is 0.0259. The van der Waals surface area contributed by atoms with Crippen LogP contribution in [-0.2, 0) is 0 Å². The largest absolute Gasteiger partial charge is 0.478 e. The van der Waals surface area contributed by atoms with E-state index in [0.29, 0.717) is 17.1 Å². The summed E-state index contributed by atoms with van der Waals surface area (Å²) in [5.74, 6) is -0.992. The van der Waals surface area contributed by atoms with Crippen molar-refractivity contribution in [1.29, 1.82) is 0 Å². The third-order valence-corrected chi connectivity index (χ3v) is 3.76. The van der Waals surface area contributed by atoms with Gasteiger partial charge in [0.25, 0.3) is 6.01 Å². The molecule has 2 heterocycles. The van der Waals surface area contributed by atoms with Crippen LogP contribution < -0.4 is 5.32 Å². The molecule has 3 rings (SSSR count). The number of carboxylic acids is 1. The Kier molecular flexibility index (Phi) is 3.11. The lowest BCUT2D eigenvalue weighted by Gasteiger charge is -2.07. The standard InChI is InChI=1S/C13H11N3O3S/c1-7(11-14-4-5-20-11)15-13-16-9-3-2-8(12(17)18)6-10(9)19-13/h2-7H,1H3,(H,15,16)(H,17,18). The summed E-state index contributed by atoms with van der Waals surface area (Å²) >= 11 is 1.54. The predicted molar refractivity (Wildman–Crippen MR) is 75.1 cm³/mol. The quantitative estimate of drug-likeness (QED) is 0.767. The smallest absolute Gasteiger partial charge is 0.335 e. The Morgan fingerprint density at radius 1 is 1.50 bits per heavy atom.